The lowest BCUT2D eigenvalue weighted by Gasteiger charge is -2.44. The van der Waals surface area contributed by atoms with Gasteiger partial charge in [-0.1, -0.05) is 25.3 Å². The number of imidazole rings is 1. The number of carbonyl (C=O) groups is 1. The molecule has 0 radical (unpaired) electrons. The van der Waals surface area contributed by atoms with Gasteiger partial charge >= 0.3 is 0 Å². The van der Waals surface area contributed by atoms with Gasteiger partial charge in [-0.3, -0.25) is 10.1 Å². The molecule has 0 saturated heterocycles. The lowest BCUT2D eigenvalue weighted by atomic mass is 9.75. The highest BCUT2D eigenvalue weighted by Gasteiger charge is 2.45. The summed E-state index contributed by atoms with van der Waals surface area (Å²) in [6.07, 6.45) is 8.28. The van der Waals surface area contributed by atoms with Crippen molar-refractivity contribution < 1.29 is 4.79 Å². The molecule has 0 unspecified atom stereocenters. The van der Waals surface area contributed by atoms with Gasteiger partial charge in [0.2, 0.25) is 5.91 Å². The Morgan fingerprint density at radius 2 is 2.11 bits per heavy atom. The fraction of sp³-hybridized carbons (Fsp3) is 0.619. The Kier molecular flexibility index (Phi) is 5.85. The van der Waals surface area contributed by atoms with Gasteiger partial charge in [-0.25, -0.2) is 4.98 Å². The summed E-state index contributed by atoms with van der Waals surface area (Å²) in [5.41, 5.74) is 2.15. The van der Waals surface area contributed by atoms with E-state index in [2.05, 4.69) is 51.8 Å². The maximum absolute atomic E-state index is 13.6. The maximum Gasteiger partial charge on any atom is 0.240 e. The number of nitrogens with one attached hydrogen (secondary N) is 2. The Labute approximate surface area is 171 Å². The molecular weight excluding hydrogens is 370 g/mol. The van der Waals surface area contributed by atoms with Crippen molar-refractivity contribution in [1.29, 1.82) is 0 Å². The first-order chi connectivity index (χ1) is 13.6. The third kappa shape index (κ3) is 4.02. The van der Waals surface area contributed by atoms with Crippen LogP contribution in [0.5, 0.6) is 0 Å². The van der Waals surface area contributed by atoms with Gasteiger partial charge in [0.1, 0.15) is 0 Å². The Hall–Kier alpha value is -1.70. The standard InChI is InChI=1S/C21H31N5OS/c1-25(2)10-11-26(14-16-7-6-12-28-16)20(27)18-13-17-19(23-15-22-17)21(24-18)8-4-3-5-9-21/h6-7,12,15,18,24H,3-5,8-11,13-14H2,1-2H3,(H,22,23)/t18-/m0/s1. The smallest absolute Gasteiger partial charge is 0.240 e. The third-order valence-electron chi connectivity index (χ3n) is 6.09. The van der Waals surface area contributed by atoms with Gasteiger partial charge in [0.05, 0.1) is 30.1 Å². The first kappa shape index (κ1) is 19.6. The number of hydrogen-bond acceptors (Lipinski definition) is 5. The molecule has 152 valence electrons. The highest BCUT2D eigenvalue weighted by atomic mass is 32.1. The normalized spacial score (nSPS) is 21.0. The molecule has 4 rings (SSSR count). The fourth-order valence-electron chi connectivity index (χ4n) is 4.63. The summed E-state index contributed by atoms with van der Waals surface area (Å²) in [4.78, 5) is 27.0. The average molecular weight is 402 g/mol. The predicted octanol–water partition coefficient (Wildman–Crippen LogP) is 2.74. The number of likely N-dealkylation sites (N-methyl/N-ethyl adjacent to an activating group) is 1. The molecule has 6 nitrogen and oxygen atoms in total. The quantitative estimate of drug-likeness (QED) is 0.781. The first-order valence-corrected chi connectivity index (χ1v) is 11.2. The van der Waals surface area contributed by atoms with E-state index in [1.165, 1.54) is 24.1 Å². The van der Waals surface area contributed by atoms with Crippen LogP contribution in [0.1, 0.15) is 48.4 Å². The van der Waals surface area contributed by atoms with Crippen molar-refractivity contribution in [3.63, 3.8) is 0 Å². The van der Waals surface area contributed by atoms with E-state index < -0.39 is 0 Å². The number of fused-ring (bicyclic) bond motifs is 2. The van der Waals surface area contributed by atoms with Crippen LogP contribution in [-0.2, 0) is 23.3 Å². The van der Waals surface area contributed by atoms with Crippen LogP contribution >= 0.6 is 11.3 Å². The van der Waals surface area contributed by atoms with E-state index in [1.807, 2.05) is 4.90 Å². The van der Waals surface area contributed by atoms with E-state index in [9.17, 15) is 4.79 Å². The van der Waals surface area contributed by atoms with E-state index in [0.29, 0.717) is 13.0 Å². The van der Waals surface area contributed by atoms with Crippen LogP contribution in [0.3, 0.4) is 0 Å². The van der Waals surface area contributed by atoms with Gasteiger partial charge in [0, 0.05) is 30.1 Å². The van der Waals surface area contributed by atoms with Crippen LogP contribution in [0.2, 0.25) is 0 Å². The molecule has 1 atom stereocenters. The van der Waals surface area contributed by atoms with Crippen molar-refractivity contribution in [2.45, 2.75) is 56.7 Å². The van der Waals surface area contributed by atoms with E-state index in [4.69, 9.17) is 0 Å². The van der Waals surface area contributed by atoms with Gasteiger partial charge in [-0.2, -0.15) is 0 Å². The van der Waals surface area contributed by atoms with Gasteiger partial charge < -0.3 is 14.8 Å². The Bertz CT molecular complexity index is 779. The van der Waals surface area contributed by atoms with Crippen LogP contribution in [0.4, 0.5) is 0 Å². The second-order valence-corrected chi connectivity index (χ2v) is 9.45. The number of carbonyl (C=O) groups excluding carboxylic acids is 1. The predicted molar refractivity (Wildman–Crippen MR) is 112 cm³/mol. The Balaban J connectivity index is 1.56. The summed E-state index contributed by atoms with van der Waals surface area (Å²) in [6.45, 7) is 2.29. The molecule has 2 N–H and O–H groups in total. The molecule has 28 heavy (non-hydrogen) atoms. The van der Waals surface area contributed by atoms with Crippen molar-refractivity contribution in [1.82, 2.24) is 25.1 Å². The van der Waals surface area contributed by atoms with Gasteiger partial charge in [0.25, 0.3) is 0 Å². The number of hydrogen-bond donors (Lipinski definition) is 2. The van der Waals surface area contributed by atoms with Crippen LogP contribution in [0.25, 0.3) is 0 Å². The topological polar surface area (TPSA) is 64.3 Å². The molecule has 2 aromatic heterocycles. The summed E-state index contributed by atoms with van der Waals surface area (Å²) in [6, 6.07) is 3.99. The minimum Gasteiger partial charge on any atom is -0.348 e. The number of nitrogens with zero attached hydrogens (tertiary/aromatic N) is 3. The summed E-state index contributed by atoms with van der Waals surface area (Å²) < 4.78 is 0. The Morgan fingerprint density at radius 3 is 2.82 bits per heavy atom. The number of aromatic nitrogens is 2. The molecule has 1 amide bonds. The van der Waals surface area contributed by atoms with Crippen molar-refractivity contribution in [3.8, 4) is 0 Å². The maximum atomic E-state index is 13.6. The summed E-state index contributed by atoms with van der Waals surface area (Å²) in [5, 5.41) is 5.85. The Morgan fingerprint density at radius 1 is 1.29 bits per heavy atom. The lowest BCUT2D eigenvalue weighted by molar-refractivity contribution is -0.135. The minimum absolute atomic E-state index is 0.137. The zero-order valence-corrected chi connectivity index (χ0v) is 17.7. The molecule has 1 aliphatic carbocycles. The molecule has 0 aromatic carbocycles. The highest BCUT2D eigenvalue weighted by molar-refractivity contribution is 7.09. The highest BCUT2D eigenvalue weighted by Crippen LogP contribution is 2.40. The number of rotatable bonds is 6. The number of H-pyrrole nitrogens is 1. The van der Waals surface area contributed by atoms with Crippen LogP contribution in [0.15, 0.2) is 23.8 Å². The molecule has 1 spiro atoms. The van der Waals surface area contributed by atoms with Crippen molar-refractivity contribution >= 4 is 17.2 Å². The van der Waals surface area contributed by atoms with E-state index in [-0.39, 0.29) is 17.5 Å². The van der Waals surface area contributed by atoms with Gasteiger partial charge in [-0.05, 0) is 38.4 Å². The minimum atomic E-state index is -0.187. The monoisotopic (exact) mass is 401 g/mol. The van der Waals surface area contributed by atoms with Crippen LogP contribution in [-0.4, -0.2) is 58.9 Å². The molecule has 7 heteroatoms. The zero-order valence-electron chi connectivity index (χ0n) is 16.9. The third-order valence-corrected chi connectivity index (χ3v) is 6.95. The van der Waals surface area contributed by atoms with Crippen LogP contribution in [0, 0.1) is 0 Å². The number of thiophene rings is 1. The molecule has 1 saturated carbocycles. The summed E-state index contributed by atoms with van der Waals surface area (Å²) in [5.74, 6) is 0.209. The largest absolute Gasteiger partial charge is 0.348 e. The van der Waals surface area contributed by atoms with Gasteiger partial charge in [0.15, 0.2) is 0 Å². The molecule has 1 fully saturated rings. The SMILES string of the molecule is CN(C)CCN(Cc1cccs1)C(=O)[C@@H]1Cc2[nH]cnc2C2(CCCCC2)N1. The first-order valence-electron chi connectivity index (χ1n) is 10.3. The lowest BCUT2D eigenvalue weighted by Crippen LogP contribution is -2.59. The zero-order chi connectivity index (χ0) is 19.6. The second-order valence-electron chi connectivity index (χ2n) is 8.42. The van der Waals surface area contributed by atoms with Crippen LogP contribution < -0.4 is 5.32 Å². The summed E-state index contributed by atoms with van der Waals surface area (Å²) >= 11 is 1.72. The van der Waals surface area contributed by atoms with E-state index >= 15 is 0 Å². The van der Waals surface area contributed by atoms with Crippen molar-refractivity contribution in [3.05, 3.63) is 40.1 Å². The molecular formula is C21H31N5OS. The molecule has 0 bridgehead atoms. The van der Waals surface area contributed by atoms with Gasteiger partial charge in [-0.15, -0.1) is 11.3 Å². The van der Waals surface area contributed by atoms with Crippen molar-refractivity contribution in [2.75, 3.05) is 27.2 Å². The summed E-state index contributed by atoms with van der Waals surface area (Å²) in [7, 11) is 4.11. The molecule has 1 aliphatic heterocycles. The van der Waals surface area contributed by atoms with Crippen molar-refractivity contribution in [2.24, 2.45) is 0 Å². The average Bonchev–Trinajstić information content (AvgIpc) is 3.37. The van der Waals surface area contributed by atoms with E-state index in [1.54, 1.807) is 17.7 Å². The molecule has 3 heterocycles. The molecule has 2 aliphatic rings. The molecule has 2 aromatic rings. The fourth-order valence-corrected chi connectivity index (χ4v) is 5.35. The number of amides is 1. The number of aromatic amines is 1. The second kappa shape index (κ2) is 8.35. The van der Waals surface area contributed by atoms with E-state index in [0.717, 1.165) is 37.3 Å².